The maximum absolute atomic E-state index is 11.9. The van der Waals surface area contributed by atoms with Gasteiger partial charge in [-0.05, 0) is 43.5 Å². The molecule has 1 unspecified atom stereocenters. The van der Waals surface area contributed by atoms with Gasteiger partial charge in [-0.25, -0.2) is 4.98 Å². The Bertz CT molecular complexity index is 1200. The number of fused-ring (bicyclic) bond motifs is 1. The molecule has 0 saturated heterocycles. The van der Waals surface area contributed by atoms with Gasteiger partial charge in [0.1, 0.15) is 18.3 Å². The molecule has 4 rings (SSSR count). The Morgan fingerprint density at radius 2 is 1.82 bits per heavy atom. The zero-order chi connectivity index (χ0) is 24.7. The number of nitrogens with zero attached hydrogens (tertiary/aromatic N) is 2. The fourth-order valence-corrected chi connectivity index (χ4v) is 3.55. The third-order valence-corrected chi connectivity index (χ3v) is 5.45. The number of hydrogen-bond donors (Lipinski definition) is 1. The molecule has 1 atom stereocenters. The molecule has 0 fully saturated rings. The first-order valence-corrected chi connectivity index (χ1v) is 11.3. The van der Waals surface area contributed by atoms with E-state index < -0.39 is 11.5 Å². The third-order valence-electron chi connectivity index (χ3n) is 4.85. The van der Waals surface area contributed by atoms with E-state index in [0.29, 0.717) is 12.5 Å². The first-order chi connectivity index (χ1) is 16.2. The molecule has 0 radical (unpaired) electrons. The van der Waals surface area contributed by atoms with Crippen LogP contribution in [0.25, 0.3) is 0 Å². The van der Waals surface area contributed by atoms with Crippen molar-refractivity contribution in [2.75, 3.05) is 6.79 Å². The largest absolute Gasteiger partial charge is 0.459 e. The van der Waals surface area contributed by atoms with Gasteiger partial charge in [0.2, 0.25) is 6.79 Å². The Kier molecular flexibility index (Phi) is 8.92. The second-order valence-electron chi connectivity index (χ2n) is 7.69. The van der Waals surface area contributed by atoms with Crippen molar-refractivity contribution in [1.29, 1.82) is 0 Å². The van der Waals surface area contributed by atoms with Gasteiger partial charge in [-0.2, -0.15) is 0 Å². The van der Waals surface area contributed by atoms with Crippen LogP contribution in [0.1, 0.15) is 23.7 Å². The normalized spacial score (nSPS) is 12.5. The number of nitrogens with two attached hydrogens (primary N) is 1. The van der Waals surface area contributed by atoms with E-state index in [2.05, 4.69) is 4.98 Å². The highest BCUT2D eigenvalue weighted by molar-refractivity contribution is 6.32. The van der Waals surface area contributed by atoms with Crippen molar-refractivity contribution in [1.82, 2.24) is 9.55 Å². The quantitative estimate of drug-likeness (QED) is 0.506. The van der Waals surface area contributed by atoms with Crippen LogP contribution in [-0.2, 0) is 29.1 Å². The molecule has 0 aliphatic carbocycles. The number of esters is 1. The van der Waals surface area contributed by atoms with Crippen molar-refractivity contribution in [3.05, 3.63) is 86.0 Å². The van der Waals surface area contributed by atoms with Crippen LogP contribution in [-0.4, -0.2) is 28.4 Å². The summed E-state index contributed by atoms with van der Waals surface area (Å²) in [5.74, 6) is 1.11. The van der Waals surface area contributed by atoms with E-state index in [9.17, 15) is 9.59 Å². The highest BCUT2D eigenvalue weighted by atomic mass is 35.5. The first kappa shape index (κ1) is 25.6. The number of benzene rings is 2. The third kappa shape index (κ3) is 6.96. The lowest BCUT2D eigenvalue weighted by atomic mass is 10.1. The molecular formula is C24H25Cl2N3O5. The van der Waals surface area contributed by atoms with Gasteiger partial charge in [0.15, 0.2) is 16.7 Å². The molecule has 1 aliphatic rings. The van der Waals surface area contributed by atoms with Crippen LogP contribution in [0.15, 0.2) is 53.3 Å². The van der Waals surface area contributed by atoms with Crippen LogP contribution in [0, 0.1) is 6.92 Å². The van der Waals surface area contributed by atoms with Crippen molar-refractivity contribution in [3.8, 4) is 11.5 Å². The molecule has 34 heavy (non-hydrogen) atoms. The van der Waals surface area contributed by atoms with Crippen LogP contribution in [0.5, 0.6) is 11.5 Å². The molecule has 2 N–H and O–H groups in total. The maximum atomic E-state index is 11.9. The van der Waals surface area contributed by atoms with Crippen molar-refractivity contribution in [2.45, 2.75) is 39.5 Å². The van der Waals surface area contributed by atoms with Crippen molar-refractivity contribution in [3.63, 3.8) is 0 Å². The Morgan fingerprint density at radius 3 is 2.53 bits per heavy atom. The molecule has 0 bridgehead atoms. The number of halogens is 2. The van der Waals surface area contributed by atoms with E-state index in [1.165, 1.54) is 5.56 Å². The van der Waals surface area contributed by atoms with Gasteiger partial charge < -0.3 is 19.9 Å². The molecule has 2 aromatic carbocycles. The van der Waals surface area contributed by atoms with Gasteiger partial charge in [0.05, 0.1) is 5.69 Å². The summed E-state index contributed by atoms with van der Waals surface area (Å²) in [7, 11) is 0. The van der Waals surface area contributed by atoms with Gasteiger partial charge in [-0.3, -0.25) is 14.2 Å². The van der Waals surface area contributed by atoms with Gasteiger partial charge in [-0.15, -0.1) is 0 Å². The first-order valence-electron chi connectivity index (χ1n) is 10.5. The molecule has 10 heteroatoms. The Labute approximate surface area is 207 Å². The van der Waals surface area contributed by atoms with E-state index in [4.69, 9.17) is 43.1 Å². The number of carbonyl (C=O) groups is 1. The lowest BCUT2D eigenvalue weighted by molar-refractivity contribution is -0.145. The van der Waals surface area contributed by atoms with E-state index in [-0.39, 0.29) is 29.5 Å². The molecule has 0 saturated carbocycles. The molecule has 180 valence electrons. The van der Waals surface area contributed by atoms with Gasteiger partial charge in [-0.1, -0.05) is 59.6 Å². The summed E-state index contributed by atoms with van der Waals surface area (Å²) in [5, 5.41) is -0.197. The molecule has 0 amide bonds. The van der Waals surface area contributed by atoms with E-state index >= 15 is 0 Å². The number of carbonyl (C=O) groups excluding carboxylic acids is 1. The number of rotatable bonds is 6. The predicted molar refractivity (Wildman–Crippen MR) is 129 cm³/mol. The lowest BCUT2D eigenvalue weighted by Gasteiger charge is -2.11. The predicted octanol–water partition coefficient (Wildman–Crippen LogP) is 3.91. The number of aromatic nitrogens is 2. The minimum Gasteiger partial charge on any atom is -0.459 e. The van der Waals surface area contributed by atoms with Crippen LogP contribution in [0.3, 0.4) is 0 Å². The summed E-state index contributed by atoms with van der Waals surface area (Å²) in [6, 6.07) is 15.4. The lowest BCUT2D eigenvalue weighted by Crippen LogP contribution is -2.28. The van der Waals surface area contributed by atoms with Crippen LogP contribution < -0.4 is 20.8 Å². The van der Waals surface area contributed by atoms with Gasteiger partial charge >= 0.3 is 5.97 Å². The summed E-state index contributed by atoms with van der Waals surface area (Å²) in [6.07, 6.45) is 0.872. The number of ether oxygens (including phenoxy) is 3. The second kappa shape index (κ2) is 11.9. The van der Waals surface area contributed by atoms with Crippen LogP contribution >= 0.6 is 23.2 Å². The molecule has 0 spiro atoms. The average Bonchev–Trinajstić information content (AvgIpc) is 3.28. The van der Waals surface area contributed by atoms with E-state index in [0.717, 1.165) is 28.1 Å². The summed E-state index contributed by atoms with van der Waals surface area (Å²) in [5.41, 5.74) is 7.54. The highest BCUT2D eigenvalue weighted by Crippen LogP contribution is 2.32. The van der Waals surface area contributed by atoms with Crippen molar-refractivity contribution < 1.29 is 19.0 Å². The van der Waals surface area contributed by atoms with E-state index in [1.807, 2.05) is 55.5 Å². The average molecular weight is 506 g/mol. The van der Waals surface area contributed by atoms with Gasteiger partial charge in [0.25, 0.3) is 5.56 Å². The molecule has 1 aromatic heterocycles. The summed E-state index contributed by atoms with van der Waals surface area (Å²) in [6.45, 7) is 3.78. The van der Waals surface area contributed by atoms with Crippen molar-refractivity contribution >= 4 is 29.2 Å². The Hall–Kier alpha value is -3.07. The maximum Gasteiger partial charge on any atom is 0.326 e. The SMILES string of the molecule is CC(N)Cc1ccc2c(c1)OCO2.Cc1c(Cl)nc(Cl)c(=O)n1CC(=O)OCc1ccccc1. The van der Waals surface area contributed by atoms with E-state index in [1.54, 1.807) is 6.92 Å². The Balaban J connectivity index is 0.000000212. The molecule has 3 aromatic rings. The molecule has 1 aliphatic heterocycles. The molecule has 8 nitrogen and oxygen atoms in total. The summed E-state index contributed by atoms with van der Waals surface area (Å²) in [4.78, 5) is 27.4. The monoisotopic (exact) mass is 505 g/mol. The smallest absolute Gasteiger partial charge is 0.326 e. The van der Waals surface area contributed by atoms with Gasteiger partial charge in [0, 0.05) is 6.04 Å². The van der Waals surface area contributed by atoms with Crippen LogP contribution in [0.4, 0.5) is 0 Å². The minimum absolute atomic E-state index is 0.0791. The van der Waals surface area contributed by atoms with Crippen LogP contribution in [0.2, 0.25) is 10.3 Å². The topological polar surface area (TPSA) is 106 Å². The minimum atomic E-state index is -0.574. The molecular weight excluding hydrogens is 481 g/mol. The fourth-order valence-electron chi connectivity index (χ4n) is 3.13. The zero-order valence-corrected chi connectivity index (χ0v) is 20.3. The fraction of sp³-hybridized carbons (Fsp3) is 0.292. The molecule has 2 heterocycles. The zero-order valence-electron chi connectivity index (χ0n) is 18.8. The summed E-state index contributed by atoms with van der Waals surface area (Å²) >= 11 is 11.5. The highest BCUT2D eigenvalue weighted by Gasteiger charge is 2.15. The Morgan fingerprint density at radius 1 is 1.12 bits per heavy atom. The number of hydrogen-bond acceptors (Lipinski definition) is 7. The summed E-state index contributed by atoms with van der Waals surface area (Å²) < 4.78 is 16.7. The van der Waals surface area contributed by atoms with Crippen molar-refractivity contribution in [2.24, 2.45) is 5.73 Å². The standard InChI is InChI=1S/C14H12Cl2N2O3.C10H13NO2/c1-9-12(15)17-13(16)14(20)18(9)7-11(19)21-8-10-5-3-2-4-6-10;1-7(11)4-8-2-3-9-10(5-8)13-6-12-9/h2-6H,7-8H2,1H3;2-3,5,7H,4,6,11H2,1H3. The second-order valence-corrected chi connectivity index (χ2v) is 8.40.